The fourth-order valence-electron chi connectivity index (χ4n) is 2.20. The van der Waals surface area contributed by atoms with Crippen LogP contribution in [0.25, 0.3) is 0 Å². The number of pyridine rings is 1. The molecule has 2 heterocycles. The quantitative estimate of drug-likeness (QED) is 0.814. The standard InChI is InChI=1S/C15H16N4O3/c1-10-7-12(19-22-10)18-14(21)15(4-5-15)13(20)17-9-11-3-2-6-16-8-11/h2-3,6-8H,4-5,9H2,1H3,(H,17,20)(H,18,19,21). The number of aryl methyl sites for hydroxylation is 1. The summed E-state index contributed by atoms with van der Waals surface area (Å²) in [4.78, 5) is 28.6. The van der Waals surface area contributed by atoms with E-state index in [1.807, 2.05) is 6.07 Å². The molecule has 1 aliphatic rings. The molecule has 0 spiro atoms. The van der Waals surface area contributed by atoms with Gasteiger partial charge in [0.25, 0.3) is 0 Å². The highest BCUT2D eigenvalue weighted by atomic mass is 16.5. The minimum Gasteiger partial charge on any atom is -0.360 e. The summed E-state index contributed by atoms with van der Waals surface area (Å²) in [5.41, 5.74) is -0.103. The number of nitrogens with zero attached hydrogens (tertiary/aromatic N) is 2. The highest BCUT2D eigenvalue weighted by Gasteiger charge is 2.56. The monoisotopic (exact) mass is 300 g/mol. The molecule has 114 valence electrons. The number of carbonyl (C=O) groups excluding carboxylic acids is 2. The first-order valence-electron chi connectivity index (χ1n) is 7.02. The van der Waals surface area contributed by atoms with E-state index in [0.717, 1.165) is 5.56 Å². The van der Waals surface area contributed by atoms with Gasteiger partial charge >= 0.3 is 0 Å². The molecule has 7 nitrogen and oxygen atoms in total. The van der Waals surface area contributed by atoms with Crippen molar-refractivity contribution in [3.05, 3.63) is 41.9 Å². The summed E-state index contributed by atoms with van der Waals surface area (Å²) in [6.07, 6.45) is 4.42. The minimum absolute atomic E-state index is 0.269. The number of amides is 2. The molecular weight excluding hydrogens is 284 g/mol. The number of nitrogens with one attached hydrogen (secondary N) is 2. The molecule has 2 N–H and O–H groups in total. The van der Waals surface area contributed by atoms with Gasteiger partial charge in [0.05, 0.1) is 0 Å². The van der Waals surface area contributed by atoms with E-state index in [4.69, 9.17) is 4.52 Å². The molecule has 0 aromatic carbocycles. The molecule has 22 heavy (non-hydrogen) atoms. The zero-order valence-corrected chi connectivity index (χ0v) is 12.1. The Hall–Kier alpha value is -2.70. The van der Waals surface area contributed by atoms with E-state index in [-0.39, 0.29) is 11.8 Å². The molecule has 7 heteroatoms. The number of anilines is 1. The molecule has 2 aromatic rings. The summed E-state index contributed by atoms with van der Waals surface area (Å²) in [5, 5.41) is 9.12. The van der Waals surface area contributed by atoms with Crippen molar-refractivity contribution < 1.29 is 14.1 Å². The van der Waals surface area contributed by atoms with E-state index in [1.165, 1.54) is 0 Å². The van der Waals surface area contributed by atoms with Crippen molar-refractivity contribution in [1.82, 2.24) is 15.5 Å². The average Bonchev–Trinajstić information content (AvgIpc) is 3.25. The van der Waals surface area contributed by atoms with E-state index in [0.29, 0.717) is 31.0 Å². The van der Waals surface area contributed by atoms with E-state index in [1.54, 1.807) is 31.5 Å². The van der Waals surface area contributed by atoms with Crippen LogP contribution in [0, 0.1) is 12.3 Å². The van der Waals surface area contributed by atoms with E-state index in [2.05, 4.69) is 20.8 Å². The van der Waals surface area contributed by atoms with Crippen LogP contribution in [0.2, 0.25) is 0 Å². The zero-order chi connectivity index (χ0) is 15.6. The van der Waals surface area contributed by atoms with Crippen molar-refractivity contribution in [1.29, 1.82) is 0 Å². The smallest absolute Gasteiger partial charge is 0.241 e. The number of hydrogen-bond donors (Lipinski definition) is 2. The van der Waals surface area contributed by atoms with Gasteiger partial charge in [0.1, 0.15) is 11.2 Å². The molecule has 2 amide bonds. The van der Waals surface area contributed by atoms with Crippen LogP contribution in [0.1, 0.15) is 24.2 Å². The van der Waals surface area contributed by atoms with Crippen molar-refractivity contribution in [2.45, 2.75) is 26.3 Å². The fraction of sp³-hybridized carbons (Fsp3) is 0.333. The van der Waals surface area contributed by atoms with Crippen LogP contribution in [0.15, 0.2) is 35.1 Å². The van der Waals surface area contributed by atoms with Gasteiger partial charge in [-0.1, -0.05) is 11.2 Å². The van der Waals surface area contributed by atoms with Gasteiger partial charge in [-0.3, -0.25) is 14.6 Å². The van der Waals surface area contributed by atoms with Gasteiger partial charge < -0.3 is 15.2 Å². The first-order valence-corrected chi connectivity index (χ1v) is 7.02. The van der Waals surface area contributed by atoms with Crippen LogP contribution in [-0.2, 0) is 16.1 Å². The molecule has 1 aliphatic carbocycles. The van der Waals surface area contributed by atoms with E-state index < -0.39 is 5.41 Å². The van der Waals surface area contributed by atoms with Crippen molar-refractivity contribution in [2.24, 2.45) is 5.41 Å². The third-order valence-electron chi connectivity index (χ3n) is 3.66. The Bertz CT molecular complexity index is 692. The van der Waals surface area contributed by atoms with Crippen LogP contribution in [0.5, 0.6) is 0 Å². The molecule has 2 aromatic heterocycles. The SMILES string of the molecule is Cc1cc(NC(=O)C2(C(=O)NCc3cccnc3)CC2)no1. The summed E-state index contributed by atoms with van der Waals surface area (Å²) >= 11 is 0. The molecule has 3 rings (SSSR count). The summed E-state index contributed by atoms with van der Waals surface area (Å²) in [6.45, 7) is 2.08. The second kappa shape index (κ2) is 5.59. The third-order valence-corrected chi connectivity index (χ3v) is 3.66. The van der Waals surface area contributed by atoms with Crippen molar-refractivity contribution in [3.8, 4) is 0 Å². The Labute approximate surface area is 127 Å². The average molecular weight is 300 g/mol. The Balaban J connectivity index is 1.60. The highest BCUT2D eigenvalue weighted by molar-refractivity contribution is 6.12. The number of rotatable bonds is 5. The Morgan fingerprint density at radius 2 is 2.18 bits per heavy atom. The van der Waals surface area contributed by atoms with Crippen molar-refractivity contribution >= 4 is 17.6 Å². The predicted octanol–water partition coefficient (Wildman–Crippen LogP) is 1.41. The molecule has 0 radical (unpaired) electrons. The number of aromatic nitrogens is 2. The Morgan fingerprint density at radius 1 is 1.36 bits per heavy atom. The van der Waals surface area contributed by atoms with Gasteiger partial charge in [-0.2, -0.15) is 0 Å². The third kappa shape index (κ3) is 2.83. The Kier molecular flexibility index (Phi) is 3.62. The van der Waals surface area contributed by atoms with Gasteiger partial charge in [0, 0.05) is 25.0 Å². The molecule has 0 aliphatic heterocycles. The van der Waals surface area contributed by atoms with Gasteiger partial charge in [-0.25, -0.2) is 0 Å². The van der Waals surface area contributed by atoms with Crippen LogP contribution in [-0.4, -0.2) is 22.0 Å². The van der Waals surface area contributed by atoms with Crippen LogP contribution >= 0.6 is 0 Å². The van der Waals surface area contributed by atoms with Crippen LogP contribution in [0.4, 0.5) is 5.82 Å². The normalized spacial score (nSPS) is 15.1. The number of hydrogen-bond acceptors (Lipinski definition) is 5. The molecule has 0 unspecified atom stereocenters. The van der Waals surface area contributed by atoms with E-state index in [9.17, 15) is 9.59 Å². The first kappa shape index (κ1) is 14.2. The predicted molar refractivity (Wildman–Crippen MR) is 77.6 cm³/mol. The van der Waals surface area contributed by atoms with Crippen molar-refractivity contribution in [3.63, 3.8) is 0 Å². The molecule has 0 saturated heterocycles. The highest BCUT2D eigenvalue weighted by Crippen LogP contribution is 2.46. The van der Waals surface area contributed by atoms with Gasteiger partial charge in [-0.15, -0.1) is 0 Å². The topological polar surface area (TPSA) is 97.1 Å². The summed E-state index contributed by atoms with van der Waals surface area (Å²) in [7, 11) is 0. The maximum atomic E-state index is 12.3. The molecule has 0 atom stereocenters. The molecule has 0 bridgehead atoms. The summed E-state index contributed by atoms with van der Waals surface area (Å²) in [6, 6.07) is 5.28. The summed E-state index contributed by atoms with van der Waals surface area (Å²) < 4.78 is 4.89. The molecule has 1 saturated carbocycles. The van der Waals surface area contributed by atoms with Gasteiger partial charge in [0.2, 0.25) is 11.8 Å². The number of carbonyl (C=O) groups is 2. The fourth-order valence-corrected chi connectivity index (χ4v) is 2.20. The van der Waals surface area contributed by atoms with E-state index >= 15 is 0 Å². The molecule has 1 fully saturated rings. The summed E-state index contributed by atoms with van der Waals surface area (Å²) in [5.74, 6) is 0.313. The van der Waals surface area contributed by atoms with Crippen molar-refractivity contribution in [2.75, 3.05) is 5.32 Å². The minimum atomic E-state index is -0.991. The second-order valence-electron chi connectivity index (χ2n) is 5.40. The maximum Gasteiger partial charge on any atom is 0.241 e. The lowest BCUT2D eigenvalue weighted by molar-refractivity contribution is -0.134. The molecular formula is C15H16N4O3. The largest absolute Gasteiger partial charge is 0.360 e. The maximum absolute atomic E-state index is 12.3. The van der Waals surface area contributed by atoms with Crippen LogP contribution < -0.4 is 10.6 Å². The van der Waals surface area contributed by atoms with Gasteiger partial charge in [-0.05, 0) is 31.4 Å². The lowest BCUT2D eigenvalue weighted by atomic mass is 10.1. The Morgan fingerprint density at radius 3 is 2.77 bits per heavy atom. The van der Waals surface area contributed by atoms with Crippen LogP contribution in [0.3, 0.4) is 0 Å². The van der Waals surface area contributed by atoms with Gasteiger partial charge in [0.15, 0.2) is 5.82 Å². The lowest BCUT2D eigenvalue weighted by Crippen LogP contribution is -2.39. The lowest BCUT2D eigenvalue weighted by Gasteiger charge is -2.14. The first-order chi connectivity index (χ1) is 10.6. The zero-order valence-electron chi connectivity index (χ0n) is 12.1. The second-order valence-corrected chi connectivity index (χ2v) is 5.40.